The van der Waals surface area contributed by atoms with Crippen LogP contribution in [0.2, 0.25) is 0 Å². The maximum atomic E-state index is 12.0. The summed E-state index contributed by atoms with van der Waals surface area (Å²) in [5.74, 6) is 0.687. The molecule has 0 radical (unpaired) electrons. The molecule has 0 aliphatic rings. The Balaban J connectivity index is 0.00000361. The molecule has 0 aliphatic carbocycles. The minimum atomic E-state index is 0. The van der Waals surface area contributed by atoms with E-state index in [9.17, 15) is 4.79 Å². The van der Waals surface area contributed by atoms with Crippen LogP contribution in [0.5, 0.6) is 0 Å². The van der Waals surface area contributed by atoms with E-state index < -0.39 is 0 Å². The van der Waals surface area contributed by atoms with Crippen molar-refractivity contribution in [2.75, 3.05) is 13.6 Å². The van der Waals surface area contributed by atoms with E-state index in [0.717, 1.165) is 25.8 Å². The SMILES string of the molecule is CCC(CC)C(NC(=O)CCCNC)c1cccs1.Cl. The quantitative estimate of drug-likeness (QED) is 0.681. The van der Waals surface area contributed by atoms with Gasteiger partial charge in [0.15, 0.2) is 0 Å². The summed E-state index contributed by atoms with van der Waals surface area (Å²) in [4.78, 5) is 13.3. The number of carbonyl (C=O) groups excluding carboxylic acids is 1. The van der Waals surface area contributed by atoms with Gasteiger partial charge in [-0.15, -0.1) is 23.7 Å². The molecule has 1 aromatic heterocycles. The largest absolute Gasteiger partial charge is 0.348 e. The van der Waals surface area contributed by atoms with Crippen molar-refractivity contribution >= 4 is 29.7 Å². The normalized spacial score (nSPS) is 12.0. The van der Waals surface area contributed by atoms with Gasteiger partial charge < -0.3 is 10.6 Å². The first kappa shape index (κ1) is 19.4. The Bertz CT molecular complexity index is 353. The van der Waals surface area contributed by atoms with E-state index in [-0.39, 0.29) is 24.4 Å². The lowest BCUT2D eigenvalue weighted by Crippen LogP contribution is -2.33. The van der Waals surface area contributed by atoms with E-state index in [1.165, 1.54) is 4.88 Å². The summed E-state index contributed by atoms with van der Waals surface area (Å²) in [6, 6.07) is 4.36. The van der Waals surface area contributed by atoms with Crippen molar-refractivity contribution in [1.29, 1.82) is 0 Å². The van der Waals surface area contributed by atoms with E-state index in [0.29, 0.717) is 12.3 Å². The third-order valence-corrected chi connectivity index (χ3v) is 4.47. The monoisotopic (exact) mass is 318 g/mol. The first-order valence-electron chi connectivity index (χ1n) is 7.20. The van der Waals surface area contributed by atoms with Crippen molar-refractivity contribution in [1.82, 2.24) is 10.6 Å². The molecule has 5 heteroatoms. The van der Waals surface area contributed by atoms with E-state index in [1.54, 1.807) is 11.3 Å². The fourth-order valence-corrected chi connectivity index (χ4v) is 3.19. The molecule has 3 nitrogen and oxygen atoms in total. The van der Waals surface area contributed by atoms with Crippen LogP contribution >= 0.6 is 23.7 Å². The lowest BCUT2D eigenvalue weighted by molar-refractivity contribution is -0.122. The van der Waals surface area contributed by atoms with Crippen LogP contribution < -0.4 is 10.6 Å². The molecule has 116 valence electrons. The highest BCUT2D eigenvalue weighted by Crippen LogP contribution is 2.30. The van der Waals surface area contributed by atoms with Crippen molar-refractivity contribution in [2.45, 2.75) is 45.6 Å². The molecule has 1 rings (SSSR count). The van der Waals surface area contributed by atoms with Crippen LogP contribution in [0.25, 0.3) is 0 Å². The van der Waals surface area contributed by atoms with Gasteiger partial charge in [-0.25, -0.2) is 0 Å². The molecule has 1 unspecified atom stereocenters. The number of hydrogen-bond donors (Lipinski definition) is 2. The molecule has 20 heavy (non-hydrogen) atoms. The van der Waals surface area contributed by atoms with Crippen LogP contribution in [0.4, 0.5) is 0 Å². The zero-order valence-electron chi connectivity index (χ0n) is 12.6. The predicted molar refractivity (Wildman–Crippen MR) is 89.7 cm³/mol. The van der Waals surface area contributed by atoms with E-state index in [2.05, 4.69) is 42.0 Å². The molecule has 0 saturated carbocycles. The lowest BCUT2D eigenvalue weighted by atomic mass is 9.93. The van der Waals surface area contributed by atoms with Gasteiger partial charge in [-0.2, -0.15) is 0 Å². The molecule has 0 spiro atoms. The molecule has 0 fully saturated rings. The van der Waals surface area contributed by atoms with Crippen LogP contribution in [-0.2, 0) is 4.79 Å². The van der Waals surface area contributed by atoms with Crippen molar-refractivity contribution in [2.24, 2.45) is 5.92 Å². The summed E-state index contributed by atoms with van der Waals surface area (Å²) in [6.45, 7) is 5.28. The summed E-state index contributed by atoms with van der Waals surface area (Å²) in [5.41, 5.74) is 0. The topological polar surface area (TPSA) is 41.1 Å². The minimum absolute atomic E-state index is 0. The average Bonchev–Trinajstić information content (AvgIpc) is 2.93. The van der Waals surface area contributed by atoms with E-state index >= 15 is 0 Å². The van der Waals surface area contributed by atoms with Crippen LogP contribution in [0.1, 0.15) is 50.4 Å². The second kappa shape index (κ2) is 11.1. The Morgan fingerprint density at radius 3 is 2.55 bits per heavy atom. The summed E-state index contributed by atoms with van der Waals surface area (Å²) in [7, 11) is 1.91. The minimum Gasteiger partial charge on any atom is -0.348 e. The van der Waals surface area contributed by atoms with Crippen molar-refractivity contribution in [3.63, 3.8) is 0 Å². The Morgan fingerprint density at radius 2 is 2.05 bits per heavy atom. The van der Waals surface area contributed by atoms with Gasteiger partial charge in [0.25, 0.3) is 0 Å². The number of halogens is 1. The molecule has 1 aromatic rings. The summed E-state index contributed by atoms with van der Waals surface area (Å²) < 4.78 is 0. The Hall–Kier alpha value is -0.580. The average molecular weight is 319 g/mol. The number of amides is 1. The van der Waals surface area contributed by atoms with Crippen LogP contribution in [0.3, 0.4) is 0 Å². The van der Waals surface area contributed by atoms with Gasteiger partial charge in [-0.3, -0.25) is 4.79 Å². The van der Waals surface area contributed by atoms with Crippen molar-refractivity contribution < 1.29 is 4.79 Å². The fraction of sp³-hybridized carbons (Fsp3) is 0.667. The van der Waals surface area contributed by atoms with Gasteiger partial charge in [-0.1, -0.05) is 32.8 Å². The molecule has 0 aromatic carbocycles. The number of hydrogen-bond acceptors (Lipinski definition) is 3. The Labute approximate surface area is 133 Å². The van der Waals surface area contributed by atoms with Crippen LogP contribution in [-0.4, -0.2) is 19.5 Å². The lowest BCUT2D eigenvalue weighted by Gasteiger charge is -2.25. The summed E-state index contributed by atoms with van der Waals surface area (Å²) >= 11 is 1.73. The number of rotatable bonds is 9. The van der Waals surface area contributed by atoms with Crippen LogP contribution in [0.15, 0.2) is 17.5 Å². The molecule has 1 heterocycles. The fourth-order valence-electron chi connectivity index (χ4n) is 2.32. The number of thiophene rings is 1. The molecular formula is C15H27ClN2OS. The van der Waals surface area contributed by atoms with Gasteiger partial charge in [0.2, 0.25) is 5.91 Å². The molecular weight excluding hydrogens is 292 g/mol. The molecule has 0 aliphatic heterocycles. The first-order valence-corrected chi connectivity index (χ1v) is 8.08. The Kier molecular flexibility index (Phi) is 10.8. The summed E-state index contributed by atoms with van der Waals surface area (Å²) in [5, 5.41) is 8.38. The predicted octanol–water partition coefficient (Wildman–Crippen LogP) is 3.76. The van der Waals surface area contributed by atoms with Gasteiger partial charge in [0.05, 0.1) is 6.04 Å². The van der Waals surface area contributed by atoms with E-state index in [4.69, 9.17) is 0 Å². The van der Waals surface area contributed by atoms with Gasteiger partial charge in [0, 0.05) is 11.3 Å². The van der Waals surface area contributed by atoms with Gasteiger partial charge in [0.1, 0.15) is 0 Å². The van der Waals surface area contributed by atoms with Gasteiger partial charge >= 0.3 is 0 Å². The summed E-state index contributed by atoms with van der Waals surface area (Å²) in [6.07, 6.45) is 3.68. The highest BCUT2D eigenvalue weighted by Gasteiger charge is 2.22. The molecule has 1 atom stereocenters. The maximum Gasteiger partial charge on any atom is 0.220 e. The number of carbonyl (C=O) groups is 1. The molecule has 2 N–H and O–H groups in total. The zero-order chi connectivity index (χ0) is 14.1. The second-order valence-corrected chi connectivity index (χ2v) is 5.82. The highest BCUT2D eigenvalue weighted by atomic mass is 35.5. The van der Waals surface area contributed by atoms with Crippen LogP contribution in [0, 0.1) is 5.92 Å². The van der Waals surface area contributed by atoms with Crippen molar-refractivity contribution in [3.8, 4) is 0 Å². The molecule has 0 saturated heterocycles. The van der Waals surface area contributed by atoms with E-state index in [1.807, 2.05) is 7.05 Å². The standard InChI is InChI=1S/C15H26N2OS.ClH/c1-4-12(5-2)15(13-8-7-11-19-13)17-14(18)9-6-10-16-3;/h7-8,11-12,15-16H,4-6,9-10H2,1-3H3,(H,17,18);1H. The first-order chi connectivity index (χ1) is 9.22. The van der Waals surface area contributed by atoms with Gasteiger partial charge in [-0.05, 0) is 37.4 Å². The zero-order valence-corrected chi connectivity index (χ0v) is 14.3. The Morgan fingerprint density at radius 1 is 1.35 bits per heavy atom. The smallest absolute Gasteiger partial charge is 0.220 e. The molecule has 1 amide bonds. The molecule has 0 bridgehead atoms. The third-order valence-electron chi connectivity index (χ3n) is 3.52. The maximum absolute atomic E-state index is 12.0. The second-order valence-electron chi connectivity index (χ2n) is 4.84. The third kappa shape index (κ3) is 6.25. The number of nitrogens with one attached hydrogen (secondary N) is 2. The highest BCUT2D eigenvalue weighted by molar-refractivity contribution is 7.10. The van der Waals surface area contributed by atoms with Crippen molar-refractivity contribution in [3.05, 3.63) is 22.4 Å².